The first-order valence-corrected chi connectivity index (χ1v) is 19.3. The molecule has 0 amide bonds. The summed E-state index contributed by atoms with van der Waals surface area (Å²) in [6.45, 7) is 0. The first kappa shape index (κ1) is 27.5. The molecule has 0 N–H and O–H groups in total. The Hall–Kier alpha value is -4.50. The van der Waals surface area contributed by atoms with Crippen LogP contribution in [0, 0.1) is 0 Å². The van der Waals surface area contributed by atoms with Gasteiger partial charge in [0, 0.05) is 51.1 Å². The fraction of sp³-hybridized carbons (Fsp3) is 0.174. The normalized spacial score (nSPS) is 14.8. The summed E-state index contributed by atoms with van der Waals surface area (Å²) in [6.07, 6.45) is 9.82. The molecular formula is C46H34S2. The summed E-state index contributed by atoms with van der Waals surface area (Å²) in [4.78, 5) is 0. The monoisotopic (exact) mass is 650 g/mol. The number of hydrogen-bond acceptors (Lipinski definition) is 2. The van der Waals surface area contributed by atoms with Gasteiger partial charge >= 0.3 is 0 Å². The molecule has 0 atom stereocenters. The summed E-state index contributed by atoms with van der Waals surface area (Å²) < 4.78 is 5.85. The van der Waals surface area contributed by atoms with Crippen molar-refractivity contribution in [3.05, 3.63) is 131 Å². The summed E-state index contributed by atoms with van der Waals surface area (Å²) in [5.41, 5.74) is 12.0. The molecule has 0 spiro atoms. The molecule has 2 aliphatic rings. The minimum atomic E-state index is 1.18. The summed E-state index contributed by atoms with van der Waals surface area (Å²) in [6, 6.07) is 41.8. The van der Waals surface area contributed by atoms with Crippen LogP contribution in [0.2, 0.25) is 0 Å². The van der Waals surface area contributed by atoms with Crippen LogP contribution in [0.3, 0.4) is 0 Å². The second kappa shape index (κ2) is 10.5. The minimum Gasteiger partial charge on any atom is -0.135 e. The van der Waals surface area contributed by atoms with Crippen molar-refractivity contribution in [1.82, 2.24) is 0 Å². The van der Waals surface area contributed by atoms with Gasteiger partial charge in [0.25, 0.3) is 0 Å². The molecule has 2 aromatic heterocycles. The van der Waals surface area contributed by atoms with E-state index in [1.165, 1.54) is 136 Å². The van der Waals surface area contributed by atoms with E-state index in [0.29, 0.717) is 0 Å². The molecule has 0 saturated heterocycles. The van der Waals surface area contributed by atoms with E-state index < -0.39 is 0 Å². The molecule has 0 bridgehead atoms. The lowest BCUT2D eigenvalue weighted by atomic mass is 9.82. The molecule has 11 rings (SSSR count). The van der Waals surface area contributed by atoms with Crippen LogP contribution in [0.4, 0.5) is 0 Å². The molecule has 0 unspecified atom stereocenters. The molecule has 0 saturated carbocycles. The van der Waals surface area contributed by atoms with Crippen molar-refractivity contribution in [1.29, 1.82) is 0 Å². The second-order valence-electron chi connectivity index (χ2n) is 14.0. The van der Waals surface area contributed by atoms with Gasteiger partial charge in [-0.25, -0.2) is 0 Å². The van der Waals surface area contributed by atoms with Crippen molar-refractivity contribution < 1.29 is 0 Å². The third kappa shape index (κ3) is 3.82. The summed E-state index contributed by atoms with van der Waals surface area (Å²) >= 11 is 4.08. The van der Waals surface area contributed by atoms with Gasteiger partial charge in [0.15, 0.2) is 0 Å². The highest BCUT2D eigenvalue weighted by Gasteiger charge is 2.26. The zero-order valence-corrected chi connectivity index (χ0v) is 28.5. The Bertz CT molecular complexity index is 2570. The maximum atomic E-state index is 2.58. The number of benzene rings is 7. The average Bonchev–Trinajstić information content (AvgIpc) is 3.16. The van der Waals surface area contributed by atoms with E-state index in [2.05, 4.69) is 109 Å². The van der Waals surface area contributed by atoms with Gasteiger partial charge in [-0.3, -0.25) is 0 Å². The summed E-state index contributed by atoms with van der Waals surface area (Å²) in [7, 11) is 0. The Kier molecular flexibility index (Phi) is 6.00. The van der Waals surface area contributed by atoms with Gasteiger partial charge in [-0.05, 0) is 131 Å². The standard InChI is InChI=1S/C46H34S2/c1-3-13-27(14-4-1)35-25-37-41-33-21-11-24-40-44(33)42(34-22-12-23-39(43(34)41)47-45(37)31-19-9-7-17-29(31)35)38-26-36(28-15-5-2-6-16-28)30-18-8-10-20-32(30)46(38)48-40/h1-6,11-16,21-26H,7-10,17-20H2. The van der Waals surface area contributed by atoms with Crippen LogP contribution >= 0.6 is 22.7 Å². The highest BCUT2D eigenvalue weighted by atomic mass is 32.1. The molecule has 230 valence electrons. The molecule has 0 radical (unpaired) electrons. The maximum Gasteiger partial charge on any atom is 0.0390 e. The molecule has 9 aromatic rings. The van der Waals surface area contributed by atoms with E-state index in [1.54, 1.807) is 22.3 Å². The van der Waals surface area contributed by atoms with E-state index >= 15 is 0 Å². The third-order valence-corrected chi connectivity index (χ3v) is 13.9. The maximum absolute atomic E-state index is 2.58. The van der Waals surface area contributed by atoms with Gasteiger partial charge < -0.3 is 0 Å². The SMILES string of the molecule is c1ccc(-c2cc3c(sc4cccc5c4c3c3cccc4sc6c7c(c(-c8ccccc8)cc6c5c43)CCCC7)c3c2CCCC3)cc1. The Morgan fingerprint density at radius 2 is 0.771 bits per heavy atom. The second-order valence-corrected chi connectivity index (χ2v) is 16.1. The fourth-order valence-electron chi connectivity index (χ4n) is 9.39. The van der Waals surface area contributed by atoms with E-state index in [0.717, 1.165) is 0 Å². The Morgan fingerprint density at radius 3 is 1.21 bits per heavy atom. The van der Waals surface area contributed by atoms with Crippen molar-refractivity contribution in [2.75, 3.05) is 0 Å². The molecule has 0 aliphatic heterocycles. The molecule has 2 heteroatoms. The average molecular weight is 651 g/mol. The third-order valence-electron chi connectivity index (χ3n) is 11.4. The largest absolute Gasteiger partial charge is 0.135 e. The lowest BCUT2D eigenvalue weighted by Gasteiger charge is -2.25. The molecule has 2 heterocycles. The minimum absolute atomic E-state index is 1.18. The lowest BCUT2D eigenvalue weighted by molar-refractivity contribution is 0.692. The van der Waals surface area contributed by atoms with E-state index in [1.807, 2.05) is 22.7 Å². The summed E-state index contributed by atoms with van der Waals surface area (Å²) in [5, 5.41) is 11.5. The zero-order valence-electron chi connectivity index (χ0n) is 26.9. The zero-order chi connectivity index (χ0) is 31.3. The highest BCUT2D eigenvalue weighted by Crippen LogP contribution is 2.52. The topological polar surface area (TPSA) is 0 Å². The van der Waals surface area contributed by atoms with Crippen LogP contribution in [0.25, 0.3) is 84.1 Å². The predicted molar refractivity (Wildman–Crippen MR) is 211 cm³/mol. The number of aryl methyl sites for hydroxylation is 2. The van der Waals surface area contributed by atoms with E-state index in [-0.39, 0.29) is 0 Å². The van der Waals surface area contributed by atoms with Gasteiger partial charge in [0.1, 0.15) is 0 Å². The molecule has 7 aromatic carbocycles. The van der Waals surface area contributed by atoms with Gasteiger partial charge in [0.05, 0.1) is 0 Å². The predicted octanol–water partition coefficient (Wildman–Crippen LogP) is 13.8. The van der Waals surface area contributed by atoms with Crippen LogP contribution in [0.1, 0.15) is 47.9 Å². The molecule has 2 aliphatic carbocycles. The van der Waals surface area contributed by atoms with Crippen molar-refractivity contribution in [3.63, 3.8) is 0 Å². The van der Waals surface area contributed by atoms with Crippen molar-refractivity contribution in [2.45, 2.75) is 51.4 Å². The molecule has 48 heavy (non-hydrogen) atoms. The van der Waals surface area contributed by atoms with Crippen LogP contribution in [-0.2, 0) is 25.7 Å². The summed E-state index contributed by atoms with van der Waals surface area (Å²) in [5.74, 6) is 0. The number of fused-ring (bicyclic) bond motifs is 10. The fourth-order valence-corrected chi connectivity index (χ4v) is 12.0. The first-order chi connectivity index (χ1) is 23.8. The molecular weight excluding hydrogens is 617 g/mol. The Morgan fingerprint density at radius 1 is 0.354 bits per heavy atom. The van der Waals surface area contributed by atoms with Crippen LogP contribution < -0.4 is 0 Å². The van der Waals surface area contributed by atoms with E-state index in [9.17, 15) is 0 Å². The first-order valence-electron chi connectivity index (χ1n) is 17.7. The van der Waals surface area contributed by atoms with Crippen LogP contribution in [0.15, 0.2) is 109 Å². The number of hydrogen-bond donors (Lipinski definition) is 0. The van der Waals surface area contributed by atoms with Crippen LogP contribution in [-0.4, -0.2) is 0 Å². The van der Waals surface area contributed by atoms with Crippen molar-refractivity contribution in [2.24, 2.45) is 0 Å². The number of rotatable bonds is 2. The Labute approximate surface area is 288 Å². The Balaban J connectivity index is 1.37. The van der Waals surface area contributed by atoms with Crippen molar-refractivity contribution in [3.8, 4) is 22.3 Å². The van der Waals surface area contributed by atoms with E-state index in [4.69, 9.17) is 0 Å². The van der Waals surface area contributed by atoms with Gasteiger partial charge in [-0.15, -0.1) is 22.7 Å². The molecule has 0 nitrogen and oxygen atoms in total. The lowest BCUT2D eigenvalue weighted by Crippen LogP contribution is -2.06. The highest BCUT2D eigenvalue weighted by molar-refractivity contribution is 7.26. The van der Waals surface area contributed by atoms with Gasteiger partial charge in [0.2, 0.25) is 0 Å². The van der Waals surface area contributed by atoms with Gasteiger partial charge in [-0.2, -0.15) is 0 Å². The van der Waals surface area contributed by atoms with Crippen molar-refractivity contribution >= 4 is 84.6 Å². The van der Waals surface area contributed by atoms with Crippen LogP contribution in [0.5, 0.6) is 0 Å². The quantitative estimate of drug-likeness (QED) is 0.129. The smallest absolute Gasteiger partial charge is 0.0390 e. The molecule has 0 fully saturated rings. The van der Waals surface area contributed by atoms with Gasteiger partial charge in [-0.1, -0.05) is 84.9 Å².